The van der Waals surface area contributed by atoms with Crippen LogP contribution in [-0.2, 0) is 10.9 Å². The molecule has 12 heteroatoms. The van der Waals surface area contributed by atoms with Crippen LogP contribution in [0.3, 0.4) is 0 Å². The molecule has 0 bridgehead atoms. The minimum atomic E-state index is -4.65. The summed E-state index contributed by atoms with van der Waals surface area (Å²) in [5.41, 5.74) is 0.400. The fourth-order valence-electron chi connectivity index (χ4n) is 4.60. The number of ether oxygens (including phenoxy) is 1. The topological polar surface area (TPSA) is 92.0 Å². The van der Waals surface area contributed by atoms with Crippen LogP contribution in [0.4, 0.5) is 29.2 Å². The average molecular weight is 517 g/mol. The Morgan fingerprint density at radius 1 is 1.19 bits per heavy atom. The van der Waals surface area contributed by atoms with Crippen LogP contribution in [0.2, 0.25) is 0 Å². The zero-order valence-corrected chi connectivity index (χ0v) is 19.9. The van der Waals surface area contributed by atoms with Gasteiger partial charge in [-0.25, -0.2) is 19.2 Å². The van der Waals surface area contributed by atoms with E-state index in [1.54, 1.807) is 19.9 Å². The summed E-state index contributed by atoms with van der Waals surface area (Å²) in [5.74, 6) is -2.01. The maximum Gasteiger partial charge on any atom is 0.434 e. The molecule has 37 heavy (non-hydrogen) atoms. The van der Waals surface area contributed by atoms with E-state index in [9.17, 15) is 27.5 Å². The van der Waals surface area contributed by atoms with Crippen molar-refractivity contribution in [3.05, 3.63) is 64.7 Å². The van der Waals surface area contributed by atoms with Gasteiger partial charge in [-0.1, -0.05) is 12.1 Å². The molecule has 0 spiro atoms. The third-order valence-corrected chi connectivity index (χ3v) is 6.31. The predicted molar refractivity (Wildman–Crippen MR) is 129 cm³/mol. The second-order valence-electron chi connectivity index (χ2n) is 8.91. The second-order valence-corrected chi connectivity index (χ2v) is 8.91. The zero-order chi connectivity index (χ0) is 26.5. The molecule has 0 amide bonds. The quantitative estimate of drug-likeness (QED) is 0.358. The number of alkyl halides is 3. The largest absolute Gasteiger partial charge is 0.478 e. The molecule has 0 saturated carbocycles. The number of imidazole rings is 1. The summed E-state index contributed by atoms with van der Waals surface area (Å²) in [6.07, 6.45) is -3.70. The molecule has 4 aromatic rings. The normalized spacial score (nSPS) is 15.4. The van der Waals surface area contributed by atoms with Crippen molar-refractivity contribution in [3.8, 4) is 0 Å². The average Bonchev–Trinajstić information content (AvgIpc) is 3.30. The summed E-state index contributed by atoms with van der Waals surface area (Å²) in [7, 11) is 0. The molecular weight excluding hydrogens is 494 g/mol. The highest BCUT2D eigenvalue weighted by atomic mass is 19.4. The van der Waals surface area contributed by atoms with Crippen LogP contribution in [-0.4, -0.2) is 51.7 Å². The summed E-state index contributed by atoms with van der Waals surface area (Å²) in [6, 6.07) is 6.87. The lowest BCUT2D eigenvalue weighted by atomic mass is 10.0. The summed E-state index contributed by atoms with van der Waals surface area (Å²) in [5, 5.41) is 13.0. The Kier molecular flexibility index (Phi) is 6.14. The summed E-state index contributed by atoms with van der Waals surface area (Å²) in [6.45, 7) is 5.22. The van der Waals surface area contributed by atoms with Crippen LogP contribution in [0.25, 0.3) is 16.6 Å². The van der Waals surface area contributed by atoms with Crippen molar-refractivity contribution in [2.45, 2.75) is 26.1 Å². The van der Waals surface area contributed by atoms with Gasteiger partial charge in [-0.2, -0.15) is 13.2 Å². The van der Waals surface area contributed by atoms with Gasteiger partial charge in [0, 0.05) is 30.2 Å². The van der Waals surface area contributed by atoms with E-state index in [1.807, 2.05) is 11.0 Å². The molecule has 3 heterocycles. The van der Waals surface area contributed by atoms with Crippen molar-refractivity contribution in [1.82, 2.24) is 14.4 Å². The van der Waals surface area contributed by atoms with Crippen LogP contribution >= 0.6 is 0 Å². The van der Waals surface area contributed by atoms with Crippen molar-refractivity contribution >= 4 is 34.2 Å². The van der Waals surface area contributed by atoms with E-state index >= 15 is 0 Å². The molecule has 5 rings (SSSR count). The molecule has 2 N–H and O–H groups in total. The van der Waals surface area contributed by atoms with Crippen LogP contribution in [0.15, 0.2) is 36.5 Å². The number of nitrogens with one attached hydrogen (secondary N) is 1. The molecule has 1 aliphatic heterocycles. The molecule has 0 unspecified atom stereocenters. The molecular formula is C25H23F4N5O3. The van der Waals surface area contributed by atoms with Gasteiger partial charge in [0.1, 0.15) is 17.0 Å². The van der Waals surface area contributed by atoms with Gasteiger partial charge in [0.2, 0.25) is 5.95 Å². The maximum absolute atomic E-state index is 14.3. The highest BCUT2D eigenvalue weighted by Gasteiger charge is 2.35. The number of morpholine rings is 1. The predicted octanol–water partition coefficient (Wildman–Crippen LogP) is 5.06. The van der Waals surface area contributed by atoms with E-state index in [2.05, 4.69) is 10.3 Å². The van der Waals surface area contributed by atoms with Gasteiger partial charge in [0.15, 0.2) is 5.69 Å². The first-order chi connectivity index (χ1) is 17.5. The molecule has 0 radical (unpaired) electrons. The monoisotopic (exact) mass is 517 g/mol. The number of hydrogen-bond acceptors (Lipinski definition) is 6. The van der Waals surface area contributed by atoms with E-state index in [0.717, 1.165) is 17.8 Å². The summed E-state index contributed by atoms with van der Waals surface area (Å²) < 4.78 is 61.9. The Labute approximate surface area is 208 Å². The van der Waals surface area contributed by atoms with E-state index < -0.39 is 35.3 Å². The summed E-state index contributed by atoms with van der Waals surface area (Å²) in [4.78, 5) is 22.2. The smallest absolute Gasteiger partial charge is 0.434 e. The number of carboxylic acids is 1. The lowest BCUT2D eigenvalue weighted by Gasteiger charge is -2.29. The number of hydrogen-bond donors (Lipinski definition) is 2. The van der Waals surface area contributed by atoms with Crippen molar-refractivity contribution in [3.63, 3.8) is 0 Å². The molecule has 2 aromatic carbocycles. The Bertz CT molecular complexity index is 1510. The Hall–Kier alpha value is -3.93. The van der Waals surface area contributed by atoms with Gasteiger partial charge in [0.05, 0.1) is 30.5 Å². The molecule has 1 saturated heterocycles. The van der Waals surface area contributed by atoms with Gasteiger partial charge in [-0.15, -0.1) is 0 Å². The van der Waals surface area contributed by atoms with Gasteiger partial charge in [0.25, 0.3) is 0 Å². The van der Waals surface area contributed by atoms with Crippen LogP contribution < -0.4 is 10.2 Å². The SMILES string of the molecule is Cc1cc([C@@H](C)Nc2cccc(F)c2C(=O)O)c2nc(N3CCOCC3)n3cc(C(F)(F)F)nc3c2c1. The molecule has 1 aliphatic rings. The number of carbonyl (C=O) groups is 1. The van der Waals surface area contributed by atoms with Crippen LogP contribution in [0.5, 0.6) is 0 Å². The standard InChI is InChI=1S/C25H23F4N5O3/c1-13-10-15(14(2)30-18-5-3-4-17(26)20(18)23(35)36)21-16(11-13)22-31-19(25(27,28)29)12-34(22)24(32-21)33-6-8-37-9-7-33/h3-5,10-12,14,30H,6-9H2,1-2H3,(H,35,36)/t14-/m1/s1. The number of anilines is 2. The number of aromatic nitrogens is 3. The first-order valence-corrected chi connectivity index (χ1v) is 11.6. The fraction of sp³-hybridized carbons (Fsp3) is 0.320. The number of carboxylic acid groups (broad SMARTS) is 1. The molecule has 2 aromatic heterocycles. The first-order valence-electron chi connectivity index (χ1n) is 11.6. The number of aromatic carboxylic acids is 1. The number of benzene rings is 2. The van der Waals surface area contributed by atoms with Gasteiger partial charge >= 0.3 is 12.1 Å². The van der Waals surface area contributed by atoms with Gasteiger partial charge < -0.3 is 20.1 Å². The van der Waals surface area contributed by atoms with Gasteiger partial charge in [-0.3, -0.25) is 4.40 Å². The van der Waals surface area contributed by atoms with Crippen molar-refractivity contribution in [2.24, 2.45) is 0 Å². The van der Waals surface area contributed by atoms with Crippen molar-refractivity contribution in [2.75, 3.05) is 36.5 Å². The third kappa shape index (κ3) is 4.52. The number of halogens is 4. The lowest BCUT2D eigenvalue weighted by molar-refractivity contribution is -0.140. The maximum atomic E-state index is 14.3. The lowest BCUT2D eigenvalue weighted by Crippen LogP contribution is -2.38. The third-order valence-electron chi connectivity index (χ3n) is 6.31. The van der Waals surface area contributed by atoms with Crippen molar-refractivity contribution < 1.29 is 32.2 Å². The van der Waals surface area contributed by atoms with E-state index in [1.165, 1.54) is 16.5 Å². The highest BCUT2D eigenvalue weighted by Crippen LogP contribution is 2.36. The highest BCUT2D eigenvalue weighted by molar-refractivity contribution is 5.97. The minimum Gasteiger partial charge on any atom is -0.478 e. The van der Waals surface area contributed by atoms with Crippen molar-refractivity contribution in [1.29, 1.82) is 0 Å². The fourth-order valence-corrected chi connectivity index (χ4v) is 4.60. The van der Waals surface area contributed by atoms with Crippen LogP contribution in [0, 0.1) is 12.7 Å². The number of nitrogens with zero attached hydrogens (tertiary/aromatic N) is 4. The molecule has 8 nitrogen and oxygen atoms in total. The first kappa shape index (κ1) is 24.8. The molecule has 0 aliphatic carbocycles. The van der Waals surface area contributed by atoms with Gasteiger partial charge in [-0.05, 0) is 37.6 Å². The molecule has 194 valence electrons. The Balaban J connectivity index is 1.71. The Morgan fingerprint density at radius 2 is 1.92 bits per heavy atom. The zero-order valence-electron chi connectivity index (χ0n) is 19.9. The van der Waals surface area contributed by atoms with E-state index in [4.69, 9.17) is 9.72 Å². The van der Waals surface area contributed by atoms with E-state index in [0.29, 0.717) is 48.7 Å². The minimum absolute atomic E-state index is 0.0734. The number of fused-ring (bicyclic) bond motifs is 3. The van der Waals surface area contributed by atoms with E-state index in [-0.39, 0.29) is 11.3 Å². The second kappa shape index (κ2) is 9.18. The van der Waals surface area contributed by atoms with Crippen LogP contribution in [0.1, 0.15) is 40.1 Å². The molecule has 1 fully saturated rings. The Morgan fingerprint density at radius 3 is 2.59 bits per heavy atom. The number of rotatable bonds is 5. The summed E-state index contributed by atoms with van der Waals surface area (Å²) >= 11 is 0. The number of aryl methyl sites for hydroxylation is 1. The molecule has 1 atom stereocenters.